The van der Waals surface area contributed by atoms with Gasteiger partial charge in [0.15, 0.2) is 0 Å². The van der Waals surface area contributed by atoms with Crippen molar-refractivity contribution in [2.45, 2.75) is 0 Å². The summed E-state index contributed by atoms with van der Waals surface area (Å²) in [7, 11) is 0. The number of nitro groups is 1. The molecule has 0 aromatic carbocycles. The molecule has 1 aromatic rings. The third kappa shape index (κ3) is 1.42. The molecule has 0 atom stereocenters. The topological polar surface area (TPSA) is 109 Å². The first kappa shape index (κ1) is 8.65. The molecule has 0 aliphatic heterocycles. The van der Waals surface area contributed by atoms with Gasteiger partial charge < -0.3 is 15.2 Å². The number of carbonyl (C=O) groups is 1. The predicted molar refractivity (Wildman–Crippen MR) is 39.9 cm³/mol. The van der Waals surface area contributed by atoms with E-state index in [4.69, 9.17) is 5.11 Å². The van der Waals surface area contributed by atoms with Crippen molar-refractivity contribution >= 4 is 27.7 Å². The van der Waals surface area contributed by atoms with Gasteiger partial charge in [0, 0.05) is 15.9 Å². The number of nitrogens with zero attached hydrogens (tertiary/aromatic N) is 2. The average molecular weight is 236 g/mol. The van der Waals surface area contributed by atoms with E-state index in [0.717, 1.165) is 0 Å². The molecule has 0 fully saturated rings. The minimum Gasteiger partial charge on any atom is -0.476 e. The number of aromatic carboxylic acids is 1. The van der Waals surface area contributed by atoms with Gasteiger partial charge >= 0.3 is 11.8 Å². The van der Waals surface area contributed by atoms with Gasteiger partial charge in [-0.05, 0) is 4.92 Å². The summed E-state index contributed by atoms with van der Waals surface area (Å²) >= 11 is 2.79. The van der Waals surface area contributed by atoms with Crippen LogP contribution in [0.1, 0.15) is 10.5 Å². The smallest absolute Gasteiger partial charge is 0.363 e. The third-order valence-electron chi connectivity index (χ3n) is 1.04. The van der Waals surface area contributed by atoms with Crippen LogP contribution in [0.25, 0.3) is 0 Å². The maximum absolute atomic E-state index is 10.3. The van der Waals surface area contributed by atoms with E-state index in [-0.39, 0.29) is 4.73 Å². The molecule has 0 amide bonds. The van der Waals surface area contributed by atoms with Crippen LogP contribution in [-0.2, 0) is 0 Å². The zero-order chi connectivity index (χ0) is 9.30. The predicted octanol–water partition coefficient (Wildman–Crippen LogP) is 0.779. The summed E-state index contributed by atoms with van der Waals surface area (Å²) in [6.45, 7) is 0. The fourth-order valence-electron chi connectivity index (χ4n) is 0.617. The first-order chi connectivity index (χ1) is 5.52. The number of aromatic nitrogens is 2. The summed E-state index contributed by atoms with van der Waals surface area (Å²) in [4.78, 5) is 25.2. The lowest BCUT2D eigenvalue weighted by atomic mass is 10.4. The zero-order valence-electron chi connectivity index (χ0n) is 5.44. The Morgan fingerprint density at radius 3 is 2.67 bits per heavy atom. The summed E-state index contributed by atoms with van der Waals surface area (Å²) in [6, 6.07) is 0. The van der Waals surface area contributed by atoms with Crippen LogP contribution in [0.4, 0.5) is 5.82 Å². The first-order valence-corrected chi connectivity index (χ1v) is 3.45. The van der Waals surface area contributed by atoms with Crippen molar-refractivity contribution in [2.24, 2.45) is 0 Å². The summed E-state index contributed by atoms with van der Waals surface area (Å²) in [6.07, 6.45) is 0. The second-order valence-corrected chi connectivity index (χ2v) is 2.54. The van der Waals surface area contributed by atoms with Crippen LogP contribution < -0.4 is 0 Å². The van der Waals surface area contributed by atoms with Crippen molar-refractivity contribution in [1.29, 1.82) is 0 Å². The molecule has 0 aliphatic carbocycles. The van der Waals surface area contributed by atoms with E-state index in [1.165, 1.54) is 0 Å². The number of hydrogen-bond acceptors (Lipinski definition) is 4. The highest BCUT2D eigenvalue weighted by Gasteiger charge is 2.24. The quantitative estimate of drug-likeness (QED) is 0.582. The number of halogens is 1. The molecule has 64 valence electrons. The van der Waals surface area contributed by atoms with Gasteiger partial charge in [0.1, 0.15) is 0 Å². The van der Waals surface area contributed by atoms with Crippen molar-refractivity contribution in [3.05, 3.63) is 20.5 Å². The van der Waals surface area contributed by atoms with Crippen molar-refractivity contribution in [3.8, 4) is 0 Å². The molecule has 0 bridgehead atoms. The molecule has 0 unspecified atom stereocenters. The standard InChI is InChI=1S/C4H2BrN3O4/c5-4-6-1(3(9)10)2(7-4)8(11)12/h(H,6,7)(H,9,10). The van der Waals surface area contributed by atoms with E-state index in [1.807, 2.05) is 0 Å². The van der Waals surface area contributed by atoms with E-state index in [1.54, 1.807) is 0 Å². The Hall–Kier alpha value is -1.44. The number of aromatic amines is 1. The normalized spacial score (nSPS) is 9.75. The van der Waals surface area contributed by atoms with Gasteiger partial charge in [0.25, 0.3) is 4.73 Å². The SMILES string of the molecule is O=C(O)c1nc(Br)[nH]c1[N+](=O)[O-]. The summed E-state index contributed by atoms with van der Waals surface area (Å²) in [5.41, 5.74) is -0.605. The third-order valence-corrected chi connectivity index (χ3v) is 1.42. The number of carboxylic acid groups (broad SMARTS) is 1. The van der Waals surface area contributed by atoms with Crippen LogP contribution in [0.5, 0.6) is 0 Å². The van der Waals surface area contributed by atoms with E-state index in [9.17, 15) is 14.9 Å². The molecule has 8 heteroatoms. The molecular weight excluding hydrogens is 234 g/mol. The highest BCUT2D eigenvalue weighted by Crippen LogP contribution is 2.17. The van der Waals surface area contributed by atoms with Crippen LogP contribution in [0, 0.1) is 10.1 Å². The molecule has 0 saturated heterocycles. The summed E-state index contributed by atoms with van der Waals surface area (Å²) in [5.74, 6) is -2.07. The van der Waals surface area contributed by atoms with E-state index in [0.29, 0.717) is 0 Å². The molecule has 0 radical (unpaired) electrons. The molecule has 1 rings (SSSR count). The number of hydrogen-bond donors (Lipinski definition) is 2. The molecular formula is C4H2BrN3O4. The van der Waals surface area contributed by atoms with Crippen molar-refractivity contribution in [3.63, 3.8) is 0 Å². The minimum absolute atomic E-state index is 0.0200. The number of carboxylic acids is 1. The molecule has 0 saturated carbocycles. The van der Waals surface area contributed by atoms with Crippen molar-refractivity contribution in [2.75, 3.05) is 0 Å². The van der Waals surface area contributed by atoms with E-state index >= 15 is 0 Å². The Bertz CT molecular complexity index is 315. The Kier molecular flexibility index (Phi) is 2.09. The van der Waals surface area contributed by atoms with E-state index < -0.39 is 22.4 Å². The van der Waals surface area contributed by atoms with Gasteiger partial charge in [-0.3, -0.25) is 0 Å². The van der Waals surface area contributed by atoms with Gasteiger partial charge in [-0.15, -0.1) is 0 Å². The molecule has 0 aliphatic rings. The van der Waals surface area contributed by atoms with E-state index in [2.05, 4.69) is 25.9 Å². The lowest BCUT2D eigenvalue weighted by Crippen LogP contribution is -2.01. The lowest BCUT2D eigenvalue weighted by molar-refractivity contribution is -0.389. The molecule has 2 N–H and O–H groups in total. The summed E-state index contributed by atoms with van der Waals surface area (Å²) in [5, 5.41) is 18.6. The van der Waals surface area contributed by atoms with Crippen LogP contribution >= 0.6 is 15.9 Å². The second kappa shape index (κ2) is 2.89. The summed E-state index contributed by atoms with van der Waals surface area (Å²) < 4.78 is 0.0200. The van der Waals surface area contributed by atoms with Gasteiger partial charge in [0.2, 0.25) is 5.69 Å². The van der Waals surface area contributed by atoms with Gasteiger partial charge in [0.05, 0.1) is 0 Å². The second-order valence-electron chi connectivity index (χ2n) is 1.79. The Balaban J connectivity index is 3.26. The van der Waals surface area contributed by atoms with Crippen LogP contribution in [0.2, 0.25) is 0 Å². The fourth-order valence-corrected chi connectivity index (χ4v) is 0.982. The average Bonchev–Trinajstić information content (AvgIpc) is 2.31. The zero-order valence-corrected chi connectivity index (χ0v) is 7.03. The number of nitrogens with one attached hydrogen (secondary N) is 1. The lowest BCUT2D eigenvalue weighted by Gasteiger charge is -1.89. The van der Waals surface area contributed by atoms with Crippen molar-refractivity contribution in [1.82, 2.24) is 9.97 Å². The first-order valence-electron chi connectivity index (χ1n) is 2.65. The van der Waals surface area contributed by atoms with Crippen LogP contribution in [-0.4, -0.2) is 26.0 Å². The highest BCUT2D eigenvalue weighted by molar-refractivity contribution is 9.10. The van der Waals surface area contributed by atoms with Gasteiger partial charge in [-0.25, -0.2) is 9.78 Å². The monoisotopic (exact) mass is 235 g/mol. The molecule has 12 heavy (non-hydrogen) atoms. The fraction of sp³-hybridized carbons (Fsp3) is 0. The molecule has 7 nitrogen and oxygen atoms in total. The maximum atomic E-state index is 10.3. The van der Waals surface area contributed by atoms with Gasteiger partial charge in [-0.2, -0.15) is 4.98 Å². The molecule has 1 aromatic heterocycles. The number of imidazole rings is 1. The molecule has 0 spiro atoms. The number of H-pyrrole nitrogens is 1. The maximum Gasteiger partial charge on any atom is 0.363 e. The largest absolute Gasteiger partial charge is 0.476 e. The Morgan fingerprint density at radius 1 is 1.75 bits per heavy atom. The highest BCUT2D eigenvalue weighted by atomic mass is 79.9. The Morgan fingerprint density at radius 2 is 2.33 bits per heavy atom. The van der Waals surface area contributed by atoms with Crippen molar-refractivity contribution < 1.29 is 14.8 Å². The minimum atomic E-state index is -1.44. The van der Waals surface area contributed by atoms with Crippen LogP contribution in [0.3, 0.4) is 0 Å². The number of rotatable bonds is 2. The Labute approximate surface area is 73.7 Å². The molecule has 1 heterocycles. The van der Waals surface area contributed by atoms with Gasteiger partial charge in [-0.1, -0.05) is 0 Å². The van der Waals surface area contributed by atoms with Crippen LogP contribution in [0.15, 0.2) is 4.73 Å².